The monoisotopic (exact) mass is 497 g/mol. The summed E-state index contributed by atoms with van der Waals surface area (Å²) in [7, 11) is 1.59. The summed E-state index contributed by atoms with van der Waals surface area (Å²) in [6, 6.07) is 24.9. The van der Waals surface area contributed by atoms with Gasteiger partial charge in [0, 0.05) is 11.5 Å². The molecule has 1 fully saturated rings. The number of methoxy groups -OCH3 is 1. The second-order valence-corrected chi connectivity index (χ2v) is 9.63. The van der Waals surface area contributed by atoms with Crippen molar-refractivity contribution in [3.63, 3.8) is 0 Å². The molecule has 8 heteroatoms. The van der Waals surface area contributed by atoms with Crippen molar-refractivity contribution >= 4 is 40.5 Å². The first kappa shape index (κ1) is 22.4. The third-order valence-electron chi connectivity index (χ3n) is 7.53. The molecule has 3 aliphatic heterocycles. The molecule has 1 saturated heterocycles. The van der Waals surface area contributed by atoms with Gasteiger partial charge in [0.25, 0.3) is 5.91 Å². The molecule has 0 radical (unpaired) electrons. The highest BCUT2D eigenvalue weighted by Crippen LogP contribution is 2.61. The minimum absolute atomic E-state index is 0.180. The number of carbonyl (C=O) groups excluding carboxylic acids is 2. The molecule has 3 heterocycles. The summed E-state index contributed by atoms with van der Waals surface area (Å²) >= 11 is 5.84. The van der Waals surface area contributed by atoms with Gasteiger partial charge in [0.1, 0.15) is 10.7 Å². The van der Waals surface area contributed by atoms with E-state index in [0.29, 0.717) is 18.0 Å². The smallest absolute Gasteiger partial charge is 0.354 e. The van der Waals surface area contributed by atoms with Crippen molar-refractivity contribution in [2.75, 3.05) is 12.0 Å². The third-order valence-corrected chi connectivity index (χ3v) is 7.95. The molecule has 180 valence electrons. The van der Waals surface area contributed by atoms with E-state index in [1.807, 2.05) is 78.9 Å². The zero-order valence-electron chi connectivity index (χ0n) is 19.7. The number of para-hydroxylation sites is 1. The first-order chi connectivity index (χ1) is 17.4. The average molecular weight is 498 g/mol. The number of amides is 1. The first-order valence-corrected chi connectivity index (χ1v) is 12.0. The van der Waals surface area contributed by atoms with Crippen LogP contribution in [0.3, 0.4) is 0 Å². The normalized spacial score (nSPS) is 26.3. The van der Waals surface area contributed by atoms with Gasteiger partial charge in [-0.25, -0.2) is 4.79 Å². The second kappa shape index (κ2) is 7.99. The van der Waals surface area contributed by atoms with Crippen molar-refractivity contribution < 1.29 is 19.2 Å². The first-order valence-electron chi connectivity index (χ1n) is 11.6. The highest BCUT2D eigenvalue weighted by molar-refractivity contribution is 7.80. The summed E-state index contributed by atoms with van der Waals surface area (Å²) in [5.74, 6) is -0.822. The maximum Gasteiger partial charge on any atom is 0.354 e. The van der Waals surface area contributed by atoms with Crippen LogP contribution in [0.1, 0.15) is 29.5 Å². The molecule has 0 aliphatic carbocycles. The highest BCUT2D eigenvalue weighted by Gasteiger charge is 2.74. The van der Waals surface area contributed by atoms with E-state index in [-0.39, 0.29) is 10.9 Å². The summed E-state index contributed by atoms with van der Waals surface area (Å²) in [4.78, 5) is 35.2. The molecular weight excluding hydrogens is 474 g/mol. The van der Waals surface area contributed by atoms with Gasteiger partial charge in [0.15, 0.2) is 11.0 Å². The molecule has 0 bridgehead atoms. The number of hydrogen-bond donors (Lipinski definition) is 1. The summed E-state index contributed by atoms with van der Waals surface area (Å²) < 4.78 is 5.36. The second-order valence-electron chi connectivity index (χ2n) is 9.23. The Morgan fingerprint density at radius 2 is 1.72 bits per heavy atom. The molecule has 1 N–H and O–H groups in total. The number of carbonyl (C=O) groups is 2. The molecular formula is C28H23N3O4S. The quantitative estimate of drug-likeness (QED) is 0.432. The van der Waals surface area contributed by atoms with E-state index in [2.05, 4.69) is 10.5 Å². The summed E-state index contributed by atoms with van der Waals surface area (Å²) in [6.45, 7) is 2.11. The molecule has 0 aromatic heterocycles. The predicted octanol–water partition coefficient (Wildman–Crippen LogP) is 4.07. The molecule has 7 nitrogen and oxygen atoms in total. The van der Waals surface area contributed by atoms with Crippen LogP contribution in [0.2, 0.25) is 0 Å². The van der Waals surface area contributed by atoms with E-state index >= 15 is 0 Å². The van der Waals surface area contributed by atoms with Gasteiger partial charge in [0.2, 0.25) is 0 Å². The number of anilines is 1. The van der Waals surface area contributed by atoms with Crippen molar-refractivity contribution in [2.45, 2.75) is 24.9 Å². The molecule has 3 aromatic carbocycles. The third kappa shape index (κ3) is 2.79. The van der Waals surface area contributed by atoms with E-state index < -0.39 is 22.8 Å². The molecule has 1 amide bonds. The van der Waals surface area contributed by atoms with Gasteiger partial charge in [-0.05, 0) is 36.2 Å². The Bertz CT molecular complexity index is 1440. The minimum Gasteiger partial charge on any atom is -0.497 e. The lowest BCUT2D eigenvalue weighted by molar-refractivity contribution is -0.146. The number of fused-ring (bicyclic) bond motifs is 2. The van der Waals surface area contributed by atoms with E-state index in [1.54, 1.807) is 18.9 Å². The lowest BCUT2D eigenvalue weighted by Gasteiger charge is -2.35. The van der Waals surface area contributed by atoms with Crippen LogP contribution in [-0.4, -0.2) is 29.7 Å². The number of hydrogen-bond acceptors (Lipinski definition) is 6. The SMILES string of the molecule is COc1ccc([C@@H]2[C@@]3(C(=O)ON=C3C)C(=S)N[C@]23C(=O)N(Cc2ccccc2)c2ccccc23)cc1. The lowest BCUT2D eigenvalue weighted by atomic mass is 9.63. The van der Waals surface area contributed by atoms with E-state index in [1.165, 1.54) is 0 Å². The molecule has 6 rings (SSSR count). The van der Waals surface area contributed by atoms with E-state index in [9.17, 15) is 9.59 Å². The summed E-state index contributed by atoms with van der Waals surface area (Å²) in [6.07, 6.45) is 0. The topological polar surface area (TPSA) is 80.2 Å². The van der Waals surface area contributed by atoms with Gasteiger partial charge >= 0.3 is 5.97 Å². The van der Waals surface area contributed by atoms with Crippen molar-refractivity contribution in [3.05, 3.63) is 95.6 Å². The number of rotatable bonds is 4. The van der Waals surface area contributed by atoms with Gasteiger partial charge in [-0.3, -0.25) is 4.79 Å². The number of benzene rings is 3. The average Bonchev–Trinajstić information content (AvgIpc) is 3.45. The maximum absolute atomic E-state index is 14.6. The molecule has 0 saturated carbocycles. The molecule has 36 heavy (non-hydrogen) atoms. The number of nitrogens with one attached hydrogen (secondary N) is 1. The Morgan fingerprint density at radius 1 is 1.03 bits per heavy atom. The van der Waals surface area contributed by atoms with Crippen LogP contribution in [0.5, 0.6) is 5.75 Å². The predicted molar refractivity (Wildman–Crippen MR) is 139 cm³/mol. The van der Waals surface area contributed by atoms with Crippen LogP contribution in [-0.2, 0) is 26.5 Å². The standard InChI is InChI=1S/C28H23N3O4S/c1-17-27(26(33)35-30-17)23(19-12-14-20(34-2)15-13-19)28(29-24(27)36)21-10-6-7-11-22(21)31(25(28)32)16-18-8-4-3-5-9-18/h3-15,23H,16H2,1-2H3,(H,29,36)/t23-,27-,28+/m1/s1. The Morgan fingerprint density at radius 3 is 2.39 bits per heavy atom. The highest BCUT2D eigenvalue weighted by atomic mass is 32.1. The minimum atomic E-state index is -1.41. The van der Waals surface area contributed by atoms with Crippen LogP contribution < -0.4 is 15.0 Å². The van der Waals surface area contributed by atoms with E-state index in [4.69, 9.17) is 21.8 Å². The van der Waals surface area contributed by atoms with Crippen molar-refractivity contribution in [1.29, 1.82) is 0 Å². The number of oxime groups is 1. The number of nitrogens with zero attached hydrogens (tertiary/aromatic N) is 2. The zero-order valence-corrected chi connectivity index (χ0v) is 20.5. The van der Waals surface area contributed by atoms with Crippen LogP contribution in [0.25, 0.3) is 0 Å². The molecule has 0 unspecified atom stereocenters. The van der Waals surface area contributed by atoms with Gasteiger partial charge in [-0.1, -0.05) is 78.0 Å². The van der Waals surface area contributed by atoms with Crippen LogP contribution in [0.15, 0.2) is 84.0 Å². The van der Waals surface area contributed by atoms with Crippen LogP contribution in [0, 0.1) is 5.41 Å². The Balaban J connectivity index is 1.60. The van der Waals surface area contributed by atoms with Crippen LogP contribution in [0.4, 0.5) is 5.69 Å². The van der Waals surface area contributed by atoms with Gasteiger partial charge in [-0.15, -0.1) is 0 Å². The van der Waals surface area contributed by atoms with Crippen molar-refractivity contribution in [1.82, 2.24) is 5.32 Å². The Hall–Kier alpha value is -4.04. The fourth-order valence-corrected chi connectivity index (χ4v) is 6.40. The summed E-state index contributed by atoms with van der Waals surface area (Å²) in [5.41, 5.74) is 0.978. The Kier molecular flexibility index (Phi) is 4.98. The zero-order chi connectivity index (χ0) is 25.1. The molecule has 2 spiro atoms. The Labute approximate surface area is 213 Å². The van der Waals surface area contributed by atoms with Gasteiger partial charge in [0.05, 0.1) is 25.1 Å². The number of thiocarbonyl (C=S) groups is 1. The fraction of sp³-hybridized carbons (Fsp3) is 0.214. The van der Waals surface area contributed by atoms with Crippen molar-refractivity contribution in [3.8, 4) is 5.75 Å². The molecule has 3 aromatic rings. The van der Waals surface area contributed by atoms with Gasteiger partial charge in [-0.2, -0.15) is 0 Å². The van der Waals surface area contributed by atoms with Crippen LogP contribution >= 0.6 is 12.2 Å². The van der Waals surface area contributed by atoms with E-state index in [0.717, 1.165) is 22.4 Å². The summed E-state index contributed by atoms with van der Waals surface area (Å²) in [5, 5.41) is 7.37. The maximum atomic E-state index is 14.6. The molecule has 3 atom stereocenters. The fourth-order valence-electron chi connectivity index (χ4n) is 5.89. The molecule has 3 aliphatic rings. The lowest BCUT2D eigenvalue weighted by Crippen LogP contribution is -2.51. The largest absolute Gasteiger partial charge is 0.497 e. The van der Waals surface area contributed by atoms with Crippen molar-refractivity contribution in [2.24, 2.45) is 10.6 Å². The number of ether oxygens (including phenoxy) is 1. The van der Waals surface area contributed by atoms with Gasteiger partial charge < -0.3 is 19.8 Å².